The molecule has 1 aliphatic carbocycles. The highest BCUT2D eigenvalue weighted by molar-refractivity contribution is 6.01. The van der Waals surface area contributed by atoms with Gasteiger partial charge in [0.25, 0.3) is 0 Å². The summed E-state index contributed by atoms with van der Waals surface area (Å²) in [5, 5.41) is 1.15. The number of allylic oxidation sites excluding steroid dienone is 1. The molecule has 160 valence electrons. The Bertz CT molecular complexity index is 1130. The maximum absolute atomic E-state index is 12.8. The third-order valence-corrected chi connectivity index (χ3v) is 6.60. The SMILES string of the molecule is C=C1CC(C(=O)OC)(C(=O)OC)C[C@@H]1[C@H](c1ccccc1)c1cn(C)c2ccccc12. The highest BCUT2D eigenvalue weighted by Gasteiger charge is 2.56. The van der Waals surface area contributed by atoms with Crippen molar-refractivity contribution in [3.8, 4) is 0 Å². The Kier molecular flexibility index (Phi) is 5.44. The quantitative estimate of drug-likeness (QED) is 0.346. The lowest BCUT2D eigenvalue weighted by molar-refractivity contribution is -0.168. The molecular weight excluding hydrogens is 390 g/mol. The fourth-order valence-corrected chi connectivity index (χ4v) is 5.16. The number of methoxy groups -OCH3 is 2. The number of nitrogens with zero attached hydrogens (tertiary/aromatic N) is 1. The van der Waals surface area contributed by atoms with E-state index in [0.717, 1.165) is 27.6 Å². The van der Waals surface area contributed by atoms with Gasteiger partial charge < -0.3 is 14.0 Å². The predicted octanol–water partition coefficient (Wildman–Crippen LogP) is 4.61. The van der Waals surface area contributed by atoms with Crippen molar-refractivity contribution in [3.63, 3.8) is 0 Å². The Labute approximate surface area is 182 Å². The monoisotopic (exact) mass is 417 g/mol. The number of aromatic nitrogens is 1. The van der Waals surface area contributed by atoms with Crippen LogP contribution in [0.5, 0.6) is 0 Å². The molecule has 2 aromatic carbocycles. The molecule has 3 aromatic rings. The smallest absolute Gasteiger partial charge is 0.323 e. The van der Waals surface area contributed by atoms with Crippen LogP contribution in [-0.4, -0.2) is 30.7 Å². The number of carbonyl (C=O) groups is 2. The average molecular weight is 418 g/mol. The van der Waals surface area contributed by atoms with E-state index in [4.69, 9.17) is 9.47 Å². The summed E-state index contributed by atoms with van der Waals surface area (Å²) in [4.78, 5) is 25.5. The van der Waals surface area contributed by atoms with Gasteiger partial charge in [0, 0.05) is 30.1 Å². The number of rotatable bonds is 5. The van der Waals surface area contributed by atoms with E-state index in [1.54, 1.807) is 0 Å². The Balaban J connectivity index is 1.88. The van der Waals surface area contributed by atoms with Crippen LogP contribution in [0.15, 0.2) is 72.9 Å². The Morgan fingerprint density at radius 2 is 1.65 bits per heavy atom. The zero-order valence-corrected chi connectivity index (χ0v) is 18.1. The van der Waals surface area contributed by atoms with Crippen LogP contribution in [-0.2, 0) is 26.1 Å². The zero-order chi connectivity index (χ0) is 22.2. The molecule has 1 saturated carbocycles. The van der Waals surface area contributed by atoms with Crippen molar-refractivity contribution in [2.45, 2.75) is 18.8 Å². The Morgan fingerprint density at radius 1 is 1.03 bits per heavy atom. The maximum Gasteiger partial charge on any atom is 0.323 e. The van der Waals surface area contributed by atoms with Gasteiger partial charge in [-0.2, -0.15) is 0 Å². The maximum atomic E-state index is 12.8. The molecule has 2 atom stereocenters. The van der Waals surface area contributed by atoms with Crippen LogP contribution >= 0.6 is 0 Å². The highest BCUT2D eigenvalue weighted by Crippen LogP contribution is 2.54. The molecule has 31 heavy (non-hydrogen) atoms. The molecule has 5 nitrogen and oxygen atoms in total. The summed E-state index contributed by atoms with van der Waals surface area (Å²) in [5.74, 6) is -1.30. The number of hydrogen-bond donors (Lipinski definition) is 0. The minimum Gasteiger partial charge on any atom is -0.468 e. The Morgan fingerprint density at radius 3 is 2.29 bits per heavy atom. The second-order valence-corrected chi connectivity index (χ2v) is 8.31. The Hall–Kier alpha value is -3.34. The van der Waals surface area contributed by atoms with Gasteiger partial charge in [0.2, 0.25) is 0 Å². The molecular formula is C26H27NO4. The molecule has 0 N–H and O–H groups in total. The largest absolute Gasteiger partial charge is 0.468 e. The molecule has 1 fully saturated rings. The van der Waals surface area contributed by atoms with Gasteiger partial charge in [-0.05, 0) is 36.0 Å². The van der Waals surface area contributed by atoms with Gasteiger partial charge in [-0.3, -0.25) is 9.59 Å². The molecule has 5 heteroatoms. The van der Waals surface area contributed by atoms with Gasteiger partial charge in [-0.15, -0.1) is 0 Å². The average Bonchev–Trinajstić information content (AvgIpc) is 3.32. The van der Waals surface area contributed by atoms with Gasteiger partial charge >= 0.3 is 11.9 Å². The lowest BCUT2D eigenvalue weighted by Gasteiger charge is -2.27. The summed E-state index contributed by atoms with van der Waals surface area (Å²) in [7, 11) is 4.65. The van der Waals surface area contributed by atoms with E-state index < -0.39 is 17.4 Å². The van der Waals surface area contributed by atoms with Crippen molar-refractivity contribution in [1.29, 1.82) is 0 Å². The fourth-order valence-electron chi connectivity index (χ4n) is 5.16. The summed E-state index contributed by atoms with van der Waals surface area (Å²) in [6.07, 6.45) is 2.67. The number of carbonyl (C=O) groups excluding carboxylic acids is 2. The molecule has 1 heterocycles. The predicted molar refractivity (Wildman–Crippen MR) is 120 cm³/mol. The molecule has 1 aromatic heterocycles. The van der Waals surface area contributed by atoms with Crippen LogP contribution in [0.3, 0.4) is 0 Å². The number of ether oxygens (including phenoxy) is 2. The summed E-state index contributed by atoms with van der Waals surface area (Å²) < 4.78 is 12.2. The summed E-state index contributed by atoms with van der Waals surface area (Å²) in [6, 6.07) is 18.5. The van der Waals surface area contributed by atoms with Crippen LogP contribution in [0.2, 0.25) is 0 Å². The van der Waals surface area contributed by atoms with Crippen molar-refractivity contribution in [2.75, 3.05) is 14.2 Å². The molecule has 0 bridgehead atoms. The number of fused-ring (bicyclic) bond motifs is 1. The number of para-hydroxylation sites is 1. The first-order valence-electron chi connectivity index (χ1n) is 10.4. The standard InChI is InChI=1S/C26H27NO4/c1-17-14-26(24(28)30-3,25(29)31-4)15-20(17)23(18-10-6-5-7-11-18)21-16-27(2)22-13-9-8-12-19(21)22/h5-13,16,20,23H,1,14-15H2,2-4H3/t20-,23-/m0/s1. The van der Waals surface area contributed by atoms with Crippen molar-refractivity contribution in [1.82, 2.24) is 4.57 Å². The van der Waals surface area contributed by atoms with E-state index in [0.29, 0.717) is 6.42 Å². The van der Waals surface area contributed by atoms with E-state index in [2.05, 4.69) is 41.6 Å². The fraction of sp³-hybridized carbons (Fsp3) is 0.308. The van der Waals surface area contributed by atoms with Crippen molar-refractivity contribution < 1.29 is 19.1 Å². The van der Waals surface area contributed by atoms with E-state index in [1.807, 2.05) is 37.4 Å². The lowest BCUT2D eigenvalue weighted by atomic mass is 9.76. The molecule has 0 aliphatic heterocycles. The first kappa shape index (κ1) is 20.9. The molecule has 0 unspecified atom stereocenters. The first-order chi connectivity index (χ1) is 14.9. The van der Waals surface area contributed by atoms with Crippen molar-refractivity contribution in [2.24, 2.45) is 18.4 Å². The first-order valence-corrected chi connectivity index (χ1v) is 10.4. The van der Waals surface area contributed by atoms with Crippen LogP contribution in [0, 0.1) is 11.3 Å². The molecule has 4 rings (SSSR count). The minimum absolute atomic E-state index is 0.0593. The van der Waals surface area contributed by atoms with Gasteiger partial charge in [-0.25, -0.2) is 0 Å². The van der Waals surface area contributed by atoms with E-state index in [-0.39, 0.29) is 18.3 Å². The molecule has 0 radical (unpaired) electrons. The van der Waals surface area contributed by atoms with Crippen LogP contribution < -0.4 is 0 Å². The van der Waals surface area contributed by atoms with Gasteiger partial charge in [0.05, 0.1) is 14.2 Å². The van der Waals surface area contributed by atoms with Gasteiger partial charge in [-0.1, -0.05) is 60.7 Å². The van der Waals surface area contributed by atoms with Crippen molar-refractivity contribution >= 4 is 22.8 Å². The zero-order valence-electron chi connectivity index (χ0n) is 18.1. The lowest BCUT2D eigenvalue weighted by Crippen LogP contribution is -2.39. The highest BCUT2D eigenvalue weighted by atomic mass is 16.5. The van der Waals surface area contributed by atoms with Crippen molar-refractivity contribution in [3.05, 3.63) is 84.1 Å². The van der Waals surface area contributed by atoms with Crippen LogP contribution in [0.4, 0.5) is 0 Å². The molecule has 0 amide bonds. The number of benzene rings is 2. The van der Waals surface area contributed by atoms with Gasteiger partial charge in [0.15, 0.2) is 5.41 Å². The molecule has 1 aliphatic rings. The second kappa shape index (κ2) is 8.06. The second-order valence-electron chi connectivity index (χ2n) is 8.31. The van der Waals surface area contributed by atoms with Gasteiger partial charge in [0.1, 0.15) is 0 Å². The molecule has 0 saturated heterocycles. The topological polar surface area (TPSA) is 57.5 Å². The third-order valence-electron chi connectivity index (χ3n) is 6.60. The third kappa shape index (κ3) is 3.34. The molecule has 0 spiro atoms. The minimum atomic E-state index is -1.36. The van der Waals surface area contributed by atoms with E-state index in [9.17, 15) is 9.59 Å². The number of aryl methyl sites for hydroxylation is 1. The number of hydrogen-bond acceptors (Lipinski definition) is 4. The number of esters is 2. The van der Waals surface area contributed by atoms with E-state index in [1.165, 1.54) is 14.2 Å². The summed E-state index contributed by atoms with van der Waals surface area (Å²) in [5.41, 5.74) is 2.91. The van der Waals surface area contributed by atoms with Crippen LogP contribution in [0.25, 0.3) is 10.9 Å². The normalized spacial score (nSPS) is 18.7. The summed E-state index contributed by atoms with van der Waals surface area (Å²) in [6.45, 7) is 4.30. The van der Waals surface area contributed by atoms with Crippen LogP contribution in [0.1, 0.15) is 29.9 Å². The summed E-state index contributed by atoms with van der Waals surface area (Å²) >= 11 is 0. The van der Waals surface area contributed by atoms with E-state index >= 15 is 0 Å².